The van der Waals surface area contributed by atoms with Crippen LogP contribution in [0.3, 0.4) is 0 Å². The molecule has 0 aliphatic carbocycles. The number of carbonyl (C=O) groups is 1. The van der Waals surface area contributed by atoms with Crippen LogP contribution in [0.15, 0.2) is 51.9 Å². The lowest BCUT2D eigenvalue weighted by molar-refractivity contribution is 0.100. The van der Waals surface area contributed by atoms with E-state index in [9.17, 15) is 4.79 Å². The number of nitrogens with zero attached hydrogens (tertiary/aromatic N) is 2. The molecule has 1 heterocycles. The topological polar surface area (TPSA) is 32.7 Å². The second-order valence-corrected chi connectivity index (χ2v) is 6.72. The third-order valence-electron chi connectivity index (χ3n) is 3.94. The highest BCUT2D eigenvalue weighted by Gasteiger charge is 2.26. The summed E-state index contributed by atoms with van der Waals surface area (Å²) in [6, 6.07) is 13.8. The van der Waals surface area contributed by atoms with E-state index in [1.54, 1.807) is 0 Å². The fourth-order valence-electron chi connectivity index (χ4n) is 2.90. The number of aliphatic imine (C=N–C) groups is 1. The van der Waals surface area contributed by atoms with Gasteiger partial charge in [0.1, 0.15) is 5.84 Å². The van der Waals surface area contributed by atoms with E-state index in [4.69, 9.17) is 0 Å². The molecule has 1 amide bonds. The number of aryl methyl sites for hydroxylation is 1. The Hall–Kier alpha value is -1.94. The molecule has 3 nitrogen and oxygen atoms in total. The first kappa shape index (κ1) is 15.9. The fourth-order valence-corrected chi connectivity index (χ4v) is 3.31. The third kappa shape index (κ3) is 3.37. The average Bonchev–Trinajstić information content (AvgIpc) is 2.84. The van der Waals surface area contributed by atoms with Crippen molar-refractivity contribution in [2.45, 2.75) is 26.7 Å². The molecule has 23 heavy (non-hydrogen) atoms. The van der Waals surface area contributed by atoms with Crippen LogP contribution < -0.4 is 4.90 Å². The van der Waals surface area contributed by atoms with Crippen molar-refractivity contribution in [3.63, 3.8) is 0 Å². The number of amidine groups is 1. The van der Waals surface area contributed by atoms with Gasteiger partial charge in [-0.2, -0.15) is 4.99 Å². The summed E-state index contributed by atoms with van der Waals surface area (Å²) in [5, 5.41) is 0. The van der Waals surface area contributed by atoms with Crippen LogP contribution in [-0.4, -0.2) is 18.3 Å². The van der Waals surface area contributed by atoms with Crippen LogP contribution >= 0.6 is 15.9 Å². The van der Waals surface area contributed by atoms with Gasteiger partial charge in [-0.05, 0) is 49.2 Å². The van der Waals surface area contributed by atoms with Crippen LogP contribution in [0.25, 0.3) is 0 Å². The van der Waals surface area contributed by atoms with Crippen molar-refractivity contribution >= 4 is 33.4 Å². The molecule has 0 unspecified atom stereocenters. The molecular formula is C19H19BrN2O. The van der Waals surface area contributed by atoms with Crippen LogP contribution in [0.5, 0.6) is 0 Å². The van der Waals surface area contributed by atoms with E-state index < -0.39 is 0 Å². The number of anilines is 1. The lowest BCUT2D eigenvalue weighted by Gasteiger charge is -2.19. The van der Waals surface area contributed by atoms with Crippen molar-refractivity contribution in [1.82, 2.24) is 0 Å². The van der Waals surface area contributed by atoms with Gasteiger partial charge in [0.05, 0.1) is 0 Å². The Morgan fingerprint density at radius 2 is 2.09 bits per heavy atom. The smallest absolute Gasteiger partial charge is 0.278 e. The maximum Gasteiger partial charge on any atom is 0.278 e. The van der Waals surface area contributed by atoms with E-state index in [-0.39, 0.29) is 5.91 Å². The van der Waals surface area contributed by atoms with Gasteiger partial charge in [-0.15, -0.1) is 0 Å². The number of halogens is 1. The summed E-state index contributed by atoms with van der Waals surface area (Å²) in [5.41, 5.74) is 4.08. The first-order valence-electron chi connectivity index (χ1n) is 7.83. The van der Waals surface area contributed by atoms with E-state index in [2.05, 4.69) is 44.9 Å². The molecule has 118 valence electrons. The molecule has 1 aliphatic heterocycles. The van der Waals surface area contributed by atoms with E-state index in [1.807, 2.05) is 37.3 Å². The summed E-state index contributed by atoms with van der Waals surface area (Å²) in [4.78, 5) is 19.1. The molecule has 2 aromatic rings. The molecule has 0 saturated heterocycles. The van der Waals surface area contributed by atoms with Crippen LogP contribution in [0.1, 0.15) is 34.8 Å². The molecule has 2 aromatic carbocycles. The van der Waals surface area contributed by atoms with Crippen LogP contribution in [-0.2, 0) is 6.42 Å². The predicted molar refractivity (Wildman–Crippen MR) is 98.4 cm³/mol. The normalized spacial score (nSPS) is 15.1. The van der Waals surface area contributed by atoms with Crippen molar-refractivity contribution in [2.75, 3.05) is 11.4 Å². The minimum absolute atomic E-state index is 0.170. The maximum atomic E-state index is 12.5. The van der Waals surface area contributed by atoms with Gasteiger partial charge in [0, 0.05) is 28.7 Å². The molecular weight excluding hydrogens is 352 g/mol. The molecule has 0 saturated carbocycles. The first-order chi connectivity index (χ1) is 11.1. The Morgan fingerprint density at radius 1 is 1.26 bits per heavy atom. The Morgan fingerprint density at radius 3 is 2.83 bits per heavy atom. The molecule has 1 aliphatic rings. The number of hydrogen-bond donors (Lipinski definition) is 0. The summed E-state index contributed by atoms with van der Waals surface area (Å²) >= 11 is 3.51. The van der Waals surface area contributed by atoms with Gasteiger partial charge in [0.25, 0.3) is 5.91 Å². The van der Waals surface area contributed by atoms with Crippen molar-refractivity contribution in [2.24, 2.45) is 4.99 Å². The zero-order chi connectivity index (χ0) is 16.4. The minimum Gasteiger partial charge on any atom is -0.329 e. The monoisotopic (exact) mass is 370 g/mol. The van der Waals surface area contributed by atoms with Gasteiger partial charge in [0.2, 0.25) is 0 Å². The highest BCUT2D eigenvalue weighted by Crippen LogP contribution is 2.32. The number of hydrogen-bond acceptors (Lipinski definition) is 1. The highest BCUT2D eigenvalue weighted by atomic mass is 79.9. The van der Waals surface area contributed by atoms with Gasteiger partial charge in [0.15, 0.2) is 0 Å². The van der Waals surface area contributed by atoms with Gasteiger partial charge < -0.3 is 4.90 Å². The lowest BCUT2D eigenvalue weighted by atomic mass is 10.1. The first-order valence-corrected chi connectivity index (χ1v) is 8.62. The fraction of sp³-hybridized carbons (Fsp3) is 0.263. The van der Waals surface area contributed by atoms with Crippen molar-refractivity contribution < 1.29 is 4.79 Å². The largest absolute Gasteiger partial charge is 0.329 e. The van der Waals surface area contributed by atoms with E-state index in [1.165, 1.54) is 5.56 Å². The summed E-state index contributed by atoms with van der Waals surface area (Å²) in [5.74, 6) is 0.670. The van der Waals surface area contributed by atoms with Crippen molar-refractivity contribution in [3.8, 4) is 0 Å². The standard InChI is InChI=1S/C19H19BrN2O/c1-3-9-22-17-8-7-16(20)11-15(17)12-18(22)21-19(23)14-6-4-5-13(2)10-14/h4-8,10-11H,3,9,12H2,1-2H3. The maximum absolute atomic E-state index is 12.5. The number of carbonyl (C=O) groups excluding carboxylic acids is 1. The number of benzene rings is 2. The summed E-state index contributed by atoms with van der Waals surface area (Å²) in [6.07, 6.45) is 1.71. The lowest BCUT2D eigenvalue weighted by Crippen LogP contribution is -2.28. The Kier molecular flexibility index (Phi) is 4.62. The van der Waals surface area contributed by atoms with Gasteiger partial charge >= 0.3 is 0 Å². The van der Waals surface area contributed by atoms with Crippen molar-refractivity contribution in [3.05, 3.63) is 63.6 Å². The second kappa shape index (κ2) is 6.67. The van der Waals surface area contributed by atoms with Crippen LogP contribution in [0, 0.1) is 6.92 Å². The average molecular weight is 371 g/mol. The van der Waals surface area contributed by atoms with Gasteiger partial charge in [-0.25, -0.2) is 0 Å². The third-order valence-corrected chi connectivity index (χ3v) is 4.43. The zero-order valence-corrected chi connectivity index (χ0v) is 14.9. The van der Waals surface area contributed by atoms with Crippen LogP contribution in [0.4, 0.5) is 5.69 Å². The Balaban J connectivity index is 1.94. The van der Waals surface area contributed by atoms with E-state index in [0.717, 1.165) is 34.5 Å². The van der Waals surface area contributed by atoms with Gasteiger partial charge in [-0.3, -0.25) is 4.79 Å². The number of amides is 1. The molecule has 0 N–H and O–H groups in total. The predicted octanol–water partition coefficient (Wildman–Crippen LogP) is 4.77. The zero-order valence-electron chi connectivity index (χ0n) is 13.3. The molecule has 4 heteroatoms. The molecule has 0 atom stereocenters. The number of fused-ring (bicyclic) bond motifs is 1. The Bertz CT molecular complexity index is 783. The molecule has 0 spiro atoms. The SMILES string of the molecule is CCCN1C(=NC(=O)c2cccc(C)c2)Cc2cc(Br)ccc21. The quantitative estimate of drug-likeness (QED) is 0.779. The summed E-state index contributed by atoms with van der Waals surface area (Å²) in [6.45, 7) is 4.99. The summed E-state index contributed by atoms with van der Waals surface area (Å²) < 4.78 is 1.05. The Labute approximate surface area is 145 Å². The molecule has 3 rings (SSSR count). The molecule has 0 radical (unpaired) electrons. The van der Waals surface area contributed by atoms with Crippen molar-refractivity contribution in [1.29, 1.82) is 0 Å². The second-order valence-electron chi connectivity index (χ2n) is 5.80. The molecule has 0 fully saturated rings. The van der Waals surface area contributed by atoms with E-state index >= 15 is 0 Å². The molecule has 0 bridgehead atoms. The van der Waals surface area contributed by atoms with Gasteiger partial charge in [-0.1, -0.05) is 40.5 Å². The van der Waals surface area contributed by atoms with E-state index in [0.29, 0.717) is 12.0 Å². The number of rotatable bonds is 3. The van der Waals surface area contributed by atoms with Crippen LogP contribution in [0.2, 0.25) is 0 Å². The minimum atomic E-state index is -0.170. The summed E-state index contributed by atoms with van der Waals surface area (Å²) in [7, 11) is 0. The highest BCUT2D eigenvalue weighted by molar-refractivity contribution is 9.10. The molecule has 0 aromatic heterocycles.